The number of anilines is 1. The van der Waals surface area contributed by atoms with Gasteiger partial charge in [-0.25, -0.2) is 4.98 Å². The van der Waals surface area contributed by atoms with Gasteiger partial charge in [0.2, 0.25) is 5.95 Å². The summed E-state index contributed by atoms with van der Waals surface area (Å²) in [6, 6.07) is 9.91. The van der Waals surface area contributed by atoms with Gasteiger partial charge in [0.05, 0.1) is 19.8 Å². The van der Waals surface area contributed by atoms with E-state index in [2.05, 4.69) is 30.0 Å². The molecule has 0 bridgehead atoms. The second-order valence-electron chi connectivity index (χ2n) is 5.91. The number of aryl methyl sites for hydroxylation is 2. The molecule has 0 saturated carbocycles. The van der Waals surface area contributed by atoms with E-state index in [0.717, 1.165) is 36.7 Å². The Morgan fingerprint density at radius 3 is 2.70 bits per heavy atom. The molecule has 2 heterocycles. The minimum absolute atomic E-state index is 0.0137. The van der Waals surface area contributed by atoms with Crippen molar-refractivity contribution in [2.75, 3.05) is 31.2 Å². The number of hydrogen-bond acceptors (Lipinski definition) is 4. The van der Waals surface area contributed by atoms with E-state index in [1.54, 1.807) is 10.6 Å². The molecule has 5 heteroatoms. The van der Waals surface area contributed by atoms with Crippen LogP contribution in [0.4, 0.5) is 5.95 Å². The zero-order chi connectivity index (χ0) is 16.2. The third-order valence-electron chi connectivity index (χ3n) is 4.12. The van der Waals surface area contributed by atoms with Crippen LogP contribution in [0.25, 0.3) is 0 Å². The van der Waals surface area contributed by atoms with Crippen LogP contribution < -0.4 is 10.5 Å². The largest absolute Gasteiger partial charge is 0.378 e. The van der Waals surface area contributed by atoms with E-state index in [1.165, 1.54) is 5.56 Å². The van der Waals surface area contributed by atoms with Crippen LogP contribution >= 0.6 is 0 Å². The number of morpholine rings is 1. The number of aromatic nitrogens is 2. The molecule has 1 aliphatic rings. The Morgan fingerprint density at radius 1 is 1.22 bits per heavy atom. The number of nitrogens with zero attached hydrogens (tertiary/aromatic N) is 3. The monoisotopic (exact) mass is 313 g/mol. The molecular weight excluding hydrogens is 290 g/mol. The fourth-order valence-corrected chi connectivity index (χ4v) is 2.87. The standard InChI is InChI=1S/C18H23N3O2/c1-3-16-12-17(22)21(13-15-6-4-5-14(2)11-15)18(19-16)20-7-9-23-10-8-20/h4-6,11-12H,3,7-10,13H2,1-2H3. The first kappa shape index (κ1) is 15.7. The summed E-state index contributed by atoms with van der Waals surface area (Å²) in [6.45, 7) is 7.53. The van der Waals surface area contributed by atoms with Crippen LogP contribution in [0, 0.1) is 6.92 Å². The lowest BCUT2D eigenvalue weighted by Gasteiger charge is -2.30. The molecule has 0 N–H and O–H groups in total. The molecule has 5 nitrogen and oxygen atoms in total. The minimum Gasteiger partial charge on any atom is -0.378 e. The summed E-state index contributed by atoms with van der Waals surface area (Å²) < 4.78 is 7.20. The molecule has 0 atom stereocenters. The van der Waals surface area contributed by atoms with Crippen LogP contribution in [0.2, 0.25) is 0 Å². The van der Waals surface area contributed by atoms with E-state index >= 15 is 0 Å². The van der Waals surface area contributed by atoms with Crippen molar-refractivity contribution >= 4 is 5.95 Å². The second kappa shape index (κ2) is 6.96. The van der Waals surface area contributed by atoms with Gasteiger partial charge >= 0.3 is 0 Å². The second-order valence-corrected chi connectivity index (χ2v) is 5.91. The van der Waals surface area contributed by atoms with Crippen molar-refractivity contribution in [2.24, 2.45) is 0 Å². The van der Waals surface area contributed by atoms with Crippen LogP contribution in [0.15, 0.2) is 35.1 Å². The van der Waals surface area contributed by atoms with Gasteiger partial charge in [-0.15, -0.1) is 0 Å². The molecule has 0 unspecified atom stereocenters. The van der Waals surface area contributed by atoms with E-state index in [4.69, 9.17) is 9.72 Å². The molecule has 1 fully saturated rings. The molecule has 3 rings (SSSR count). The lowest BCUT2D eigenvalue weighted by atomic mass is 10.1. The Labute approximate surface area is 136 Å². The SMILES string of the molecule is CCc1cc(=O)n(Cc2cccc(C)c2)c(N2CCOCC2)n1. The van der Waals surface area contributed by atoms with Gasteiger partial charge in [0.25, 0.3) is 5.56 Å². The van der Waals surface area contributed by atoms with Gasteiger partial charge < -0.3 is 9.64 Å². The molecule has 1 aliphatic heterocycles. The van der Waals surface area contributed by atoms with Gasteiger partial charge in [-0.1, -0.05) is 36.8 Å². The number of ether oxygens (including phenoxy) is 1. The van der Waals surface area contributed by atoms with Crippen molar-refractivity contribution in [3.8, 4) is 0 Å². The summed E-state index contributed by atoms with van der Waals surface area (Å²) >= 11 is 0. The highest BCUT2D eigenvalue weighted by Gasteiger charge is 2.18. The molecule has 2 aromatic rings. The highest BCUT2D eigenvalue weighted by atomic mass is 16.5. The predicted octanol–water partition coefficient (Wildman–Crippen LogP) is 2.00. The van der Waals surface area contributed by atoms with Gasteiger partial charge in [-0.3, -0.25) is 9.36 Å². The topological polar surface area (TPSA) is 47.4 Å². The van der Waals surface area contributed by atoms with Crippen LogP contribution in [-0.2, 0) is 17.7 Å². The van der Waals surface area contributed by atoms with E-state index in [-0.39, 0.29) is 5.56 Å². The van der Waals surface area contributed by atoms with Crippen LogP contribution in [0.5, 0.6) is 0 Å². The maximum Gasteiger partial charge on any atom is 0.255 e. The molecule has 1 saturated heterocycles. The van der Waals surface area contributed by atoms with Crippen molar-refractivity contribution in [1.82, 2.24) is 9.55 Å². The first-order valence-corrected chi connectivity index (χ1v) is 8.16. The number of benzene rings is 1. The first-order chi connectivity index (χ1) is 11.2. The van der Waals surface area contributed by atoms with Crippen molar-refractivity contribution in [3.63, 3.8) is 0 Å². The molecule has 0 radical (unpaired) electrons. The molecule has 1 aromatic heterocycles. The van der Waals surface area contributed by atoms with Crippen LogP contribution in [0.3, 0.4) is 0 Å². The molecule has 0 aliphatic carbocycles. The Kier molecular flexibility index (Phi) is 4.76. The Bertz CT molecular complexity index is 733. The van der Waals surface area contributed by atoms with Crippen molar-refractivity contribution in [2.45, 2.75) is 26.8 Å². The van der Waals surface area contributed by atoms with Crippen LogP contribution in [-0.4, -0.2) is 35.9 Å². The number of hydrogen-bond donors (Lipinski definition) is 0. The molecular formula is C18H23N3O2. The van der Waals surface area contributed by atoms with Gasteiger partial charge in [-0.2, -0.15) is 0 Å². The smallest absolute Gasteiger partial charge is 0.255 e. The minimum atomic E-state index is 0.0137. The third-order valence-corrected chi connectivity index (χ3v) is 4.12. The van der Waals surface area contributed by atoms with Gasteiger partial charge in [0.15, 0.2) is 0 Å². The maximum atomic E-state index is 12.6. The zero-order valence-corrected chi connectivity index (χ0v) is 13.8. The first-order valence-electron chi connectivity index (χ1n) is 8.16. The van der Waals surface area contributed by atoms with Gasteiger partial charge in [0, 0.05) is 24.8 Å². The maximum absolute atomic E-state index is 12.6. The van der Waals surface area contributed by atoms with E-state index in [0.29, 0.717) is 19.8 Å². The normalized spacial score (nSPS) is 15.0. The van der Waals surface area contributed by atoms with E-state index in [9.17, 15) is 4.79 Å². The average Bonchev–Trinajstić information content (AvgIpc) is 2.57. The molecule has 0 spiro atoms. The summed E-state index contributed by atoms with van der Waals surface area (Å²) in [5.74, 6) is 0.763. The lowest BCUT2D eigenvalue weighted by Crippen LogP contribution is -2.41. The van der Waals surface area contributed by atoms with E-state index in [1.807, 2.05) is 13.0 Å². The van der Waals surface area contributed by atoms with Crippen molar-refractivity contribution < 1.29 is 4.74 Å². The highest BCUT2D eigenvalue weighted by molar-refractivity contribution is 5.34. The summed E-state index contributed by atoms with van der Waals surface area (Å²) in [5.41, 5.74) is 3.17. The summed E-state index contributed by atoms with van der Waals surface area (Å²) in [5, 5.41) is 0. The number of rotatable bonds is 4. The molecule has 23 heavy (non-hydrogen) atoms. The predicted molar refractivity (Wildman–Crippen MR) is 91.2 cm³/mol. The molecule has 122 valence electrons. The van der Waals surface area contributed by atoms with Gasteiger partial charge in [-0.05, 0) is 18.9 Å². The van der Waals surface area contributed by atoms with Gasteiger partial charge in [0.1, 0.15) is 0 Å². The summed E-state index contributed by atoms with van der Waals surface area (Å²) in [7, 11) is 0. The fourth-order valence-electron chi connectivity index (χ4n) is 2.87. The molecule has 1 aromatic carbocycles. The Balaban J connectivity index is 2.01. The van der Waals surface area contributed by atoms with Crippen molar-refractivity contribution in [3.05, 3.63) is 57.5 Å². The van der Waals surface area contributed by atoms with E-state index < -0.39 is 0 Å². The van der Waals surface area contributed by atoms with Crippen LogP contribution in [0.1, 0.15) is 23.7 Å². The molecule has 0 amide bonds. The van der Waals surface area contributed by atoms with Crippen molar-refractivity contribution in [1.29, 1.82) is 0 Å². The Hall–Kier alpha value is -2.14. The Morgan fingerprint density at radius 2 is 2.00 bits per heavy atom. The third kappa shape index (κ3) is 3.62. The fraction of sp³-hybridized carbons (Fsp3) is 0.444. The zero-order valence-electron chi connectivity index (χ0n) is 13.8. The lowest BCUT2D eigenvalue weighted by molar-refractivity contribution is 0.121. The average molecular weight is 313 g/mol. The summed E-state index contributed by atoms with van der Waals surface area (Å²) in [6.07, 6.45) is 0.762. The summed E-state index contributed by atoms with van der Waals surface area (Å²) in [4.78, 5) is 19.5. The highest BCUT2D eigenvalue weighted by Crippen LogP contribution is 2.15. The quantitative estimate of drug-likeness (QED) is 0.866.